The highest BCUT2D eigenvalue weighted by Gasteiger charge is 2.24. The van der Waals surface area contributed by atoms with Gasteiger partial charge in [-0.05, 0) is 58.4 Å². The average Bonchev–Trinajstić information content (AvgIpc) is 3.12. The molecule has 0 aliphatic carbocycles. The molecule has 0 atom stereocenters. The van der Waals surface area contributed by atoms with Crippen LogP contribution < -0.4 is 15.8 Å². The van der Waals surface area contributed by atoms with E-state index in [0.717, 1.165) is 22.6 Å². The fraction of sp³-hybridized carbons (Fsp3) is 0.0833. The van der Waals surface area contributed by atoms with Crippen LogP contribution in [0.4, 0.5) is 5.69 Å². The Morgan fingerprint density at radius 3 is 2.50 bits per heavy atom. The van der Waals surface area contributed by atoms with Gasteiger partial charge in [0.25, 0.3) is 11.8 Å². The largest absolute Gasteiger partial charge is 0.483 e. The lowest BCUT2D eigenvalue weighted by Gasteiger charge is -2.10. The minimum absolute atomic E-state index is 0.263. The van der Waals surface area contributed by atoms with Crippen LogP contribution in [0.15, 0.2) is 70.6 Å². The van der Waals surface area contributed by atoms with E-state index in [1.54, 1.807) is 18.2 Å². The third kappa shape index (κ3) is 5.04. The Kier molecular flexibility index (Phi) is 6.32. The number of fused-ring (bicyclic) bond motifs is 1. The maximum atomic E-state index is 12.5. The number of nitrogens with one attached hydrogen (secondary N) is 1. The van der Waals surface area contributed by atoms with Crippen LogP contribution in [-0.4, -0.2) is 29.9 Å². The lowest BCUT2D eigenvalue weighted by atomic mass is 10.1. The van der Waals surface area contributed by atoms with Gasteiger partial charge in [-0.3, -0.25) is 9.59 Å². The molecule has 1 fully saturated rings. The van der Waals surface area contributed by atoms with Gasteiger partial charge in [0, 0.05) is 12.0 Å². The van der Waals surface area contributed by atoms with Crippen LogP contribution in [0, 0.1) is 0 Å². The van der Waals surface area contributed by atoms with Crippen molar-refractivity contribution in [1.82, 2.24) is 5.32 Å². The van der Waals surface area contributed by atoms with Gasteiger partial charge >= 0.3 is 0 Å². The number of carbonyl (C=O) groups is 3. The molecule has 8 heteroatoms. The fourth-order valence-electron chi connectivity index (χ4n) is 3.17. The van der Waals surface area contributed by atoms with Gasteiger partial charge in [-0.15, -0.1) is 0 Å². The Morgan fingerprint density at radius 1 is 1.09 bits per heavy atom. The van der Waals surface area contributed by atoms with E-state index in [9.17, 15) is 14.4 Å². The summed E-state index contributed by atoms with van der Waals surface area (Å²) in [6, 6.07) is 18.7. The molecule has 1 heterocycles. The molecule has 3 N–H and O–H groups in total. The zero-order chi connectivity index (χ0) is 22.5. The first-order valence-corrected chi connectivity index (χ1v) is 10.6. The number of primary amides is 1. The first-order chi connectivity index (χ1) is 15.5. The smallest absolute Gasteiger partial charge is 0.264 e. The zero-order valence-corrected chi connectivity index (χ0v) is 17.7. The number of carbonyl (C=O) groups excluding carboxylic acids is 3. The summed E-state index contributed by atoms with van der Waals surface area (Å²) in [6.45, 7) is -0.263. The van der Waals surface area contributed by atoms with Crippen molar-refractivity contribution < 1.29 is 19.1 Å². The molecule has 7 nitrogen and oxygen atoms in total. The number of thioether (sulfide) groups is 1. The van der Waals surface area contributed by atoms with Gasteiger partial charge in [0.2, 0.25) is 0 Å². The van der Waals surface area contributed by atoms with Crippen molar-refractivity contribution in [2.24, 2.45) is 10.7 Å². The molecule has 0 radical (unpaired) electrons. The molecular formula is C24H19N3O4S. The van der Waals surface area contributed by atoms with E-state index >= 15 is 0 Å². The van der Waals surface area contributed by atoms with Crippen LogP contribution in [0.3, 0.4) is 0 Å². The molecule has 3 aromatic carbocycles. The molecule has 1 saturated heterocycles. The standard InChI is InChI=1S/C24H19N3O4S/c25-22(29)14-31-20-12-17-4-2-1-3-16(17)11-18(20)13-21-23(30)27-24(32-21)26-19-7-5-15(6-8-19)9-10-28/h1-8,10-13H,9,14H2,(H2,25,29)(H,26,27,30). The van der Waals surface area contributed by atoms with E-state index in [1.165, 1.54) is 11.8 Å². The Bertz CT molecular complexity index is 1270. The molecule has 1 aliphatic rings. The SMILES string of the molecule is NC(=O)COc1cc2ccccc2cc1C=C1SC(=Nc2ccc(CC=O)cc2)NC1=O. The molecule has 0 saturated carbocycles. The maximum Gasteiger partial charge on any atom is 0.264 e. The number of ether oxygens (including phenoxy) is 1. The summed E-state index contributed by atoms with van der Waals surface area (Å²) in [5.74, 6) is -0.404. The summed E-state index contributed by atoms with van der Waals surface area (Å²) in [6.07, 6.45) is 2.90. The highest BCUT2D eigenvalue weighted by atomic mass is 32.2. The number of amidine groups is 1. The molecule has 0 unspecified atom stereocenters. The van der Waals surface area contributed by atoms with Crippen LogP contribution in [0.1, 0.15) is 11.1 Å². The number of nitrogens with zero attached hydrogens (tertiary/aromatic N) is 1. The number of hydrogen-bond donors (Lipinski definition) is 2. The van der Waals surface area contributed by atoms with E-state index in [0.29, 0.717) is 33.5 Å². The highest BCUT2D eigenvalue weighted by Crippen LogP contribution is 2.33. The van der Waals surface area contributed by atoms with Gasteiger partial charge in [-0.25, -0.2) is 4.99 Å². The first-order valence-electron chi connectivity index (χ1n) is 9.78. The van der Waals surface area contributed by atoms with Crippen molar-refractivity contribution >= 4 is 57.6 Å². The summed E-state index contributed by atoms with van der Waals surface area (Å²) in [5.41, 5.74) is 7.44. The maximum absolute atomic E-state index is 12.5. The van der Waals surface area contributed by atoms with Crippen molar-refractivity contribution in [3.05, 3.63) is 76.7 Å². The quantitative estimate of drug-likeness (QED) is 0.428. The Hall–Kier alpha value is -3.91. The monoisotopic (exact) mass is 445 g/mol. The summed E-state index contributed by atoms with van der Waals surface area (Å²) >= 11 is 1.21. The highest BCUT2D eigenvalue weighted by molar-refractivity contribution is 8.18. The molecule has 32 heavy (non-hydrogen) atoms. The minimum Gasteiger partial charge on any atom is -0.483 e. The second-order valence-corrected chi connectivity index (χ2v) is 8.04. The molecule has 2 amide bonds. The van der Waals surface area contributed by atoms with Crippen molar-refractivity contribution in [3.8, 4) is 5.75 Å². The van der Waals surface area contributed by atoms with E-state index in [1.807, 2.05) is 48.5 Å². The first kappa shape index (κ1) is 21.3. The molecular weight excluding hydrogens is 426 g/mol. The predicted octanol–water partition coefficient (Wildman–Crippen LogP) is 3.34. The van der Waals surface area contributed by atoms with E-state index in [4.69, 9.17) is 10.5 Å². The van der Waals surface area contributed by atoms with E-state index in [2.05, 4.69) is 10.3 Å². The zero-order valence-electron chi connectivity index (χ0n) is 16.9. The van der Waals surface area contributed by atoms with E-state index in [-0.39, 0.29) is 12.5 Å². The van der Waals surface area contributed by atoms with Gasteiger partial charge in [0.15, 0.2) is 11.8 Å². The van der Waals surface area contributed by atoms with Gasteiger partial charge < -0.3 is 20.6 Å². The van der Waals surface area contributed by atoms with Crippen molar-refractivity contribution in [2.75, 3.05) is 6.61 Å². The fourth-order valence-corrected chi connectivity index (χ4v) is 4.00. The molecule has 160 valence electrons. The Morgan fingerprint density at radius 2 is 1.81 bits per heavy atom. The Labute approximate surface area is 188 Å². The van der Waals surface area contributed by atoms with Gasteiger partial charge in [-0.2, -0.15) is 0 Å². The van der Waals surface area contributed by atoms with Crippen LogP contribution >= 0.6 is 11.8 Å². The minimum atomic E-state index is -0.585. The predicted molar refractivity (Wildman–Crippen MR) is 126 cm³/mol. The second kappa shape index (κ2) is 9.49. The molecule has 0 aromatic heterocycles. The normalized spacial score (nSPS) is 15.8. The molecule has 0 spiro atoms. The van der Waals surface area contributed by atoms with Crippen LogP contribution in [-0.2, 0) is 20.8 Å². The number of aliphatic imine (C=N–C) groups is 1. The lowest BCUT2D eigenvalue weighted by Crippen LogP contribution is -2.20. The van der Waals surface area contributed by atoms with E-state index < -0.39 is 5.91 Å². The van der Waals surface area contributed by atoms with Gasteiger partial charge in [0.1, 0.15) is 12.0 Å². The van der Waals surface area contributed by atoms with Crippen molar-refractivity contribution in [3.63, 3.8) is 0 Å². The molecule has 4 rings (SSSR count). The van der Waals surface area contributed by atoms with Crippen molar-refractivity contribution in [1.29, 1.82) is 0 Å². The lowest BCUT2D eigenvalue weighted by molar-refractivity contribution is -0.120. The number of nitrogens with two attached hydrogens (primary N) is 1. The number of hydrogen-bond acceptors (Lipinski definition) is 6. The van der Waals surface area contributed by atoms with Gasteiger partial charge in [0.05, 0.1) is 10.6 Å². The third-order valence-electron chi connectivity index (χ3n) is 4.67. The summed E-state index contributed by atoms with van der Waals surface area (Å²) in [4.78, 5) is 39.2. The summed E-state index contributed by atoms with van der Waals surface area (Å²) in [5, 5.41) is 5.12. The Balaban J connectivity index is 1.62. The topological polar surface area (TPSA) is 111 Å². The molecule has 1 aliphatic heterocycles. The number of benzene rings is 3. The van der Waals surface area contributed by atoms with Crippen LogP contribution in [0.25, 0.3) is 16.8 Å². The molecule has 3 aromatic rings. The third-order valence-corrected chi connectivity index (χ3v) is 5.58. The van der Waals surface area contributed by atoms with Crippen molar-refractivity contribution in [2.45, 2.75) is 6.42 Å². The summed E-state index contributed by atoms with van der Waals surface area (Å²) in [7, 11) is 0. The molecule has 0 bridgehead atoms. The van der Waals surface area contributed by atoms with Gasteiger partial charge in [-0.1, -0.05) is 36.4 Å². The number of rotatable bonds is 7. The summed E-state index contributed by atoms with van der Waals surface area (Å²) < 4.78 is 5.59. The number of aldehydes is 1. The van der Waals surface area contributed by atoms with Crippen LogP contribution in [0.5, 0.6) is 5.75 Å². The second-order valence-electron chi connectivity index (χ2n) is 7.01. The van der Waals surface area contributed by atoms with Crippen LogP contribution in [0.2, 0.25) is 0 Å². The number of amides is 2. The average molecular weight is 446 g/mol.